The van der Waals surface area contributed by atoms with E-state index in [1.54, 1.807) is 0 Å². The molecule has 2 N–H and O–H groups in total. The number of rotatable bonds is 5. The van der Waals surface area contributed by atoms with Gasteiger partial charge in [-0.3, -0.25) is 4.79 Å². The molecule has 9 heteroatoms. The van der Waals surface area contributed by atoms with Crippen LogP contribution in [-0.2, 0) is 11.0 Å². The minimum Gasteiger partial charge on any atom is -0.390 e. The van der Waals surface area contributed by atoms with Crippen LogP contribution in [0.2, 0.25) is 0 Å². The van der Waals surface area contributed by atoms with Crippen LogP contribution in [0.1, 0.15) is 30.8 Å². The molecule has 1 heterocycles. The van der Waals surface area contributed by atoms with Crippen molar-refractivity contribution in [1.29, 1.82) is 0 Å². The molecule has 1 rings (SSSR count). The summed E-state index contributed by atoms with van der Waals surface area (Å²) in [6.45, 7) is 1.37. The van der Waals surface area contributed by atoms with Crippen LogP contribution in [0.25, 0.3) is 0 Å². The van der Waals surface area contributed by atoms with Crippen molar-refractivity contribution in [2.75, 3.05) is 5.75 Å². The number of aliphatic hydroxyl groups is 2. The summed E-state index contributed by atoms with van der Waals surface area (Å²) < 4.78 is 36.7. The standard InChI is InChI=1S/C11H13F3N2O3S/c1-6(17)20-3-2-8(18)9(19)7-4-15-10(16-5-7)11(12,13)14/h4-5,8-9,18-19H,2-3H2,1H3. The molecular weight excluding hydrogens is 297 g/mol. The third-order valence-electron chi connectivity index (χ3n) is 2.35. The van der Waals surface area contributed by atoms with Gasteiger partial charge in [0.2, 0.25) is 5.82 Å². The first-order valence-electron chi connectivity index (χ1n) is 5.60. The first kappa shape index (κ1) is 16.9. The van der Waals surface area contributed by atoms with Crippen LogP contribution in [0.3, 0.4) is 0 Å². The Balaban J connectivity index is 2.62. The van der Waals surface area contributed by atoms with Crippen molar-refractivity contribution in [1.82, 2.24) is 9.97 Å². The largest absolute Gasteiger partial charge is 0.451 e. The Morgan fingerprint density at radius 1 is 1.35 bits per heavy atom. The van der Waals surface area contributed by atoms with Gasteiger partial charge in [-0.05, 0) is 6.42 Å². The zero-order chi connectivity index (χ0) is 15.3. The Morgan fingerprint density at radius 3 is 2.35 bits per heavy atom. The van der Waals surface area contributed by atoms with Crippen molar-refractivity contribution < 1.29 is 28.2 Å². The Hall–Kier alpha value is -1.19. The highest BCUT2D eigenvalue weighted by atomic mass is 32.2. The minimum absolute atomic E-state index is 0.0154. The average molecular weight is 310 g/mol. The highest BCUT2D eigenvalue weighted by Crippen LogP contribution is 2.26. The summed E-state index contributed by atoms with van der Waals surface area (Å²) in [5.41, 5.74) is -0.0154. The third-order valence-corrected chi connectivity index (χ3v) is 3.20. The monoisotopic (exact) mass is 310 g/mol. The quantitative estimate of drug-likeness (QED) is 0.859. The van der Waals surface area contributed by atoms with E-state index in [0.717, 1.165) is 24.2 Å². The van der Waals surface area contributed by atoms with Crippen molar-refractivity contribution in [3.05, 3.63) is 23.8 Å². The van der Waals surface area contributed by atoms with Crippen LogP contribution < -0.4 is 0 Å². The molecule has 2 atom stereocenters. The number of thioether (sulfide) groups is 1. The topological polar surface area (TPSA) is 83.3 Å². The fourth-order valence-electron chi connectivity index (χ4n) is 1.34. The van der Waals surface area contributed by atoms with E-state index in [1.807, 2.05) is 0 Å². The predicted molar refractivity (Wildman–Crippen MR) is 65.8 cm³/mol. The normalized spacial score (nSPS) is 14.9. The molecule has 5 nitrogen and oxygen atoms in total. The first-order valence-corrected chi connectivity index (χ1v) is 6.59. The molecule has 0 radical (unpaired) electrons. The number of hydrogen-bond donors (Lipinski definition) is 2. The lowest BCUT2D eigenvalue weighted by Crippen LogP contribution is -2.20. The Labute approximate surface area is 117 Å². The van der Waals surface area contributed by atoms with Crippen molar-refractivity contribution in [3.8, 4) is 0 Å². The van der Waals surface area contributed by atoms with Gasteiger partial charge in [0, 0.05) is 30.6 Å². The second-order valence-corrected chi connectivity index (χ2v) is 5.25. The third kappa shape index (κ3) is 5.06. The van der Waals surface area contributed by atoms with Crippen LogP contribution in [0, 0.1) is 0 Å². The van der Waals surface area contributed by atoms with E-state index in [0.29, 0.717) is 5.75 Å². The SMILES string of the molecule is CC(=O)SCCC(O)C(O)c1cnc(C(F)(F)F)nc1. The second kappa shape index (κ2) is 7.00. The molecule has 20 heavy (non-hydrogen) atoms. The van der Waals surface area contributed by atoms with Gasteiger partial charge in [-0.25, -0.2) is 9.97 Å². The second-order valence-electron chi connectivity index (χ2n) is 3.98. The number of carbonyl (C=O) groups is 1. The molecule has 2 unspecified atom stereocenters. The van der Waals surface area contributed by atoms with Gasteiger partial charge in [0.1, 0.15) is 6.10 Å². The molecule has 0 saturated heterocycles. The molecule has 1 aromatic heterocycles. The van der Waals surface area contributed by atoms with Crippen LogP contribution in [0.4, 0.5) is 13.2 Å². The maximum absolute atomic E-state index is 12.2. The van der Waals surface area contributed by atoms with E-state index in [-0.39, 0.29) is 17.1 Å². The molecule has 0 aromatic carbocycles. The van der Waals surface area contributed by atoms with E-state index in [4.69, 9.17) is 0 Å². The van der Waals surface area contributed by atoms with E-state index in [9.17, 15) is 28.2 Å². The fraction of sp³-hybridized carbons (Fsp3) is 0.545. The van der Waals surface area contributed by atoms with Gasteiger partial charge in [-0.1, -0.05) is 11.8 Å². The fourth-order valence-corrected chi connectivity index (χ4v) is 1.99. The van der Waals surface area contributed by atoms with E-state index in [1.165, 1.54) is 6.92 Å². The molecule has 0 spiro atoms. The van der Waals surface area contributed by atoms with E-state index < -0.39 is 24.2 Å². The summed E-state index contributed by atoms with van der Waals surface area (Å²) in [5.74, 6) is -1.01. The van der Waals surface area contributed by atoms with E-state index in [2.05, 4.69) is 9.97 Å². The zero-order valence-corrected chi connectivity index (χ0v) is 11.3. The lowest BCUT2D eigenvalue weighted by molar-refractivity contribution is -0.145. The smallest absolute Gasteiger partial charge is 0.390 e. The summed E-state index contributed by atoms with van der Waals surface area (Å²) in [4.78, 5) is 16.9. The Bertz CT molecular complexity index is 453. The predicted octanol–water partition coefficient (Wildman–Crippen LogP) is 1.56. The zero-order valence-electron chi connectivity index (χ0n) is 10.5. The first-order chi connectivity index (χ1) is 9.21. The maximum atomic E-state index is 12.2. The number of alkyl halides is 3. The van der Waals surface area contributed by atoms with Gasteiger partial charge >= 0.3 is 6.18 Å². The number of aliphatic hydroxyl groups excluding tert-OH is 2. The van der Waals surface area contributed by atoms with Crippen molar-refractivity contribution >= 4 is 16.9 Å². The van der Waals surface area contributed by atoms with Gasteiger partial charge in [-0.2, -0.15) is 13.2 Å². The lowest BCUT2D eigenvalue weighted by atomic mass is 10.1. The molecule has 0 aliphatic heterocycles. The summed E-state index contributed by atoms with van der Waals surface area (Å²) >= 11 is 0.988. The van der Waals surface area contributed by atoms with Crippen molar-refractivity contribution in [2.45, 2.75) is 31.7 Å². The molecule has 0 aliphatic carbocycles. The summed E-state index contributed by atoms with van der Waals surface area (Å²) in [6.07, 6.45) is -5.50. The number of nitrogens with zero attached hydrogens (tertiary/aromatic N) is 2. The molecule has 0 fully saturated rings. The Morgan fingerprint density at radius 2 is 1.90 bits per heavy atom. The molecule has 0 saturated carbocycles. The number of hydrogen-bond acceptors (Lipinski definition) is 6. The number of carbonyl (C=O) groups excluding carboxylic acids is 1. The van der Waals surface area contributed by atoms with Crippen molar-refractivity contribution in [2.24, 2.45) is 0 Å². The molecule has 0 aliphatic rings. The summed E-state index contributed by atoms with van der Waals surface area (Å²) in [5, 5.41) is 19.3. The van der Waals surface area contributed by atoms with Crippen LogP contribution >= 0.6 is 11.8 Å². The highest BCUT2D eigenvalue weighted by molar-refractivity contribution is 8.13. The lowest BCUT2D eigenvalue weighted by Gasteiger charge is -2.17. The molecule has 0 bridgehead atoms. The molecule has 1 aromatic rings. The van der Waals surface area contributed by atoms with Gasteiger partial charge in [-0.15, -0.1) is 0 Å². The molecular formula is C11H13F3N2O3S. The average Bonchev–Trinajstić information content (AvgIpc) is 2.36. The van der Waals surface area contributed by atoms with Gasteiger partial charge in [0.25, 0.3) is 0 Å². The minimum atomic E-state index is -4.65. The van der Waals surface area contributed by atoms with Gasteiger partial charge in [0.15, 0.2) is 5.12 Å². The van der Waals surface area contributed by atoms with Crippen LogP contribution in [0.5, 0.6) is 0 Å². The Kier molecular flexibility index (Phi) is 5.90. The molecule has 112 valence electrons. The summed E-state index contributed by atoms with van der Waals surface area (Å²) in [7, 11) is 0. The maximum Gasteiger partial charge on any atom is 0.451 e. The molecule has 0 amide bonds. The van der Waals surface area contributed by atoms with Crippen molar-refractivity contribution in [3.63, 3.8) is 0 Å². The number of halogens is 3. The number of aromatic nitrogens is 2. The summed E-state index contributed by atoms with van der Waals surface area (Å²) in [6, 6.07) is 0. The van der Waals surface area contributed by atoms with E-state index >= 15 is 0 Å². The van der Waals surface area contributed by atoms with Crippen LogP contribution in [-0.4, -0.2) is 37.2 Å². The van der Waals surface area contributed by atoms with Crippen LogP contribution in [0.15, 0.2) is 12.4 Å². The van der Waals surface area contributed by atoms with Gasteiger partial charge in [0.05, 0.1) is 6.10 Å². The highest BCUT2D eigenvalue weighted by Gasteiger charge is 2.34. The van der Waals surface area contributed by atoms with Gasteiger partial charge < -0.3 is 10.2 Å².